The number of hydrazone groups is 1. The normalized spacial score (nSPS) is 12.1. The molecule has 0 aliphatic rings. The lowest BCUT2D eigenvalue weighted by molar-refractivity contribution is -0.129. The predicted octanol–water partition coefficient (Wildman–Crippen LogP) is 2.27. The zero-order valence-electron chi connectivity index (χ0n) is 12.3. The smallest absolute Gasteiger partial charge is 0.273 e. The lowest BCUT2D eigenvalue weighted by atomic mass is 10.1. The first-order chi connectivity index (χ1) is 10.7. The van der Waals surface area contributed by atoms with Crippen molar-refractivity contribution in [3.05, 3.63) is 65.7 Å². The number of carbonyl (C=O) groups is 1. The van der Waals surface area contributed by atoms with Gasteiger partial charge in [-0.3, -0.25) is 4.79 Å². The van der Waals surface area contributed by atoms with Crippen molar-refractivity contribution in [1.29, 1.82) is 0 Å². The predicted molar refractivity (Wildman–Crippen MR) is 84.7 cm³/mol. The van der Waals surface area contributed by atoms with E-state index in [9.17, 15) is 9.90 Å². The number of carbonyl (C=O) groups excluding carboxylic acids is 1. The summed E-state index contributed by atoms with van der Waals surface area (Å²) >= 11 is 0. The molecule has 114 valence electrons. The SMILES string of the molecule is CCOc1ccccc1/C=N\NC(=O)[C@H](O)c1ccccc1. The van der Waals surface area contributed by atoms with Crippen LogP contribution in [-0.4, -0.2) is 23.8 Å². The van der Waals surface area contributed by atoms with Gasteiger partial charge in [0, 0.05) is 5.56 Å². The second-order valence-electron chi connectivity index (χ2n) is 4.52. The van der Waals surface area contributed by atoms with Crippen LogP contribution in [0.15, 0.2) is 59.7 Å². The molecular formula is C17H18N2O3. The molecule has 0 aromatic heterocycles. The monoisotopic (exact) mass is 298 g/mol. The molecule has 2 N–H and O–H groups in total. The van der Waals surface area contributed by atoms with Crippen LogP contribution < -0.4 is 10.2 Å². The largest absolute Gasteiger partial charge is 0.493 e. The molecule has 5 nitrogen and oxygen atoms in total. The molecule has 2 aromatic rings. The molecule has 0 radical (unpaired) electrons. The van der Waals surface area contributed by atoms with Crippen molar-refractivity contribution in [1.82, 2.24) is 5.43 Å². The van der Waals surface area contributed by atoms with Gasteiger partial charge >= 0.3 is 0 Å². The highest BCUT2D eigenvalue weighted by Gasteiger charge is 2.15. The number of nitrogens with one attached hydrogen (secondary N) is 1. The number of hydrogen-bond acceptors (Lipinski definition) is 4. The third kappa shape index (κ3) is 4.17. The Hall–Kier alpha value is -2.66. The van der Waals surface area contributed by atoms with E-state index < -0.39 is 12.0 Å². The van der Waals surface area contributed by atoms with Crippen LogP contribution in [0, 0.1) is 0 Å². The average molecular weight is 298 g/mol. The van der Waals surface area contributed by atoms with Crippen LogP contribution in [0.5, 0.6) is 5.75 Å². The van der Waals surface area contributed by atoms with E-state index in [1.54, 1.807) is 24.3 Å². The van der Waals surface area contributed by atoms with E-state index in [-0.39, 0.29) is 0 Å². The fraction of sp³-hybridized carbons (Fsp3) is 0.176. The Morgan fingerprint density at radius 2 is 1.91 bits per heavy atom. The maximum absolute atomic E-state index is 11.8. The van der Waals surface area contributed by atoms with E-state index in [4.69, 9.17) is 4.74 Å². The first-order valence-corrected chi connectivity index (χ1v) is 7.00. The van der Waals surface area contributed by atoms with Crippen LogP contribution in [0.25, 0.3) is 0 Å². The van der Waals surface area contributed by atoms with Crippen molar-refractivity contribution in [2.45, 2.75) is 13.0 Å². The molecule has 22 heavy (non-hydrogen) atoms. The Morgan fingerprint density at radius 1 is 1.23 bits per heavy atom. The van der Waals surface area contributed by atoms with Gasteiger partial charge in [0.05, 0.1) is 12.8 Å². The summed E-state index contributed by atoms with van der Waals surface area (Å²) in [4.78, 5) is 11.8. The van der Waals surface area contributed by atoms with Crippen LogP contribution in [0.3, 0.4) is 0 Å². The molecule has 2 rings (SSSR count). The Labute approximate surface area is 129 Å². The van der Waals surface area contributed by atoms with Gasteiger partial charge in [-0.2, -0.15) is 5.10 Å². The number of amides is 1. The number of para-hydroxylation sites is 1. The van der Waals surface area contributed by atoms with Crippen LogP contribution in [-0.2, 0) is 4.79 Å². The van der Waals surface area contributed by atoms with Gasteiger partial charge < -0.3 is 9.84 Å². The zero-order valence-corrected chi connectivity index (χ0v) is 12.3. The number of benzene rings is 2. The van der Waals surface area contributed by atoms with Crippen molar-refractivity contribution in [3.8, 4) is 5.75 Å². The first kappa shape index (κ1) is 15.7. The summed E-state index contributed by atoms with van der Waals surface area (Å²) in [5.74, 6) is 0.1000. The molecule has 0 heterocycles. The van der Waals surface area contributed by atoms with Gasteiger partial charge in [-0.15, -0.1) is 0 Å². The molecule has 0 aliphatic heterocycles. The van der Waals surface area contributed by atoms with Crippen LogP contribution >= 0.6 is 0 Å². The van der Waals surface area contributed by atoms with Crippen molar-refractivity contribution in [2.24, 2.45) is 5.10 Å². The summed E-state index contributed by atoms with van der Waals surface area (Å²) in [7, 11) is 0. The molecule has 0 spiro atoms. The highest BCUT2D eigenvalue weighted by Crippen LogP contribution is 2.15. The van der Waals surface area contributed by atoms with Gasteiger partial charge in [0.15, 0.2) is 6.10 Å². The van der Waals surface area contributed by atoms with Crippen LogP contribution in [0.4, 0.5) is 0 Å². The van der Waals surface area contributed by atoms with Gasteiger partial charge in [0.2, 0.25) is 0 Å². The van der Waals surface area contributed by atoms with Gasteiger partial charge in [0.1, 0.15) is 5.75 Å². The zero-order chi connectivity index (χ0) is 15.8. The Bertz CT molecular complexity index is 641. The molecule has 0 fully saturated rings. The Kier molecular flexibility index (Phi) is 5.68. The van der Waals surface area contributed by atoms with E-state index in [0.717, 1.165) is 5.56 Å². The standard InChI is InChI=1S/C17H18N2O3/c1-2-22-15-11-7-6-10-14(15)12-18-19-17(21)16(20)13-8-4-3-5-9-13/h3-12,16,20H,2H2,1H3,(H,19,21)/b18-12-/t16-/m1/s1. The summed E-state index contributed by atoms with van der Waals surface area (Å²) < 4.78 is 5.46. The lowest BCUT2D eigenvalue weighted by Gasteiger charge is -2.09. The minimum atomic E-state index is -1.25. The summed E-state index contributed by atoms with van der Waals surface area (Å²) in [6.07, 6.45) is 0.237. The molecule has 0 unspecified atom stereocenters. The average Bonchev–Trinajstić information content (AvgIpc) is 2.56. The third-order valence-corrected chi connectivity index (χ3v) is 2.96. The summed E-state index contributed by atoms with van der Waals surface area (Å²) in [6.45, 7) is 2.44. The summed E-state index contributed by atoms with van der Waals surface area (Å²) in [5.41, 5.74) is 3.59. The quantitative estimate of drug-likeness (QED) is 0.635. The number of aliphatic hydroxyl groups is 1. The molecule has 1 amide bonds. The maximum Gasteiger partial charge on any atom is 0.273 e. The summed E-state index contributed by atoms with van der Waals surface area (Å²) in [6, 6.07) is 16.1. The van der Waals surface area contributed by atoms with Crippen LogP contribution in [0.2, 0.25) is 0 Å². The molecule has 0 bridgehead atoms. The first-order valence-electron chi connectivity index (χ1n) is 7.00. The van der Waals surface area contributed by atoms with Crippen molar-refractivity contribution >= 4 is 12.1 Å². The Balaban J connectivity index is 1.99. The number of ether oxygens (including phenoxy) is 1. The van der Waals surface area contributed by atoms with E-state index in [0.29, 0.717) is 17.9 Å². The number of nitrogens with zero attached hydrogens (tertiary/aromatic N) is 1. The fourth-order valence-electron chi connectivity index (χ4n) is 1.89. The molecular weight excluding hydrogens is 280 g/mol. The van der Waals surface area contributed by atoms with Crippen LogP contribution in [0.1, 0.15) is 24.2 Å². The minimum Gasteiger partial charge on any atom is -0.493 e. The second-order valence-corrected chi connectivity index (χ2v) is 4.52. The maximum atomic E-state index is 11.8. The topological polar surface area (TPSA) is 70.9 Å². The minimum absolute atomic E-state index is 0.518. The molecule has 0 saturated heterocycles. The third-order valence-electron chi connectivity index (χ3n) is 2.96. The van der Waals surface area contributed by atoms with Crippen molar-refractivity contribution in [2.75, 3.05) is 6.61 Å². The number of rotatable bonds is 6. The molecule has 5 heteroatoms. The van der Waals surface area contributed by atoms with Crippen molar-refractivity contribution in [3.63, 3.8) is 0 Å². The second kappa shape index (κ2) is 7.95. The highest BCUT2D eigenvalue weighted by atomic mass is 16.5. The van der Waals surface area contributed by atoms with Gasteiger partial charge in [-0.1, -0.05) is 42.5 Å². The van der Waals surface area contributed by atoms with E-state index in [1.165, 1.54) is 6.21 Å². The molecule has 0 aliphatic carbocycles. The number of aliphatic hydroxyl groups excluding tert-OH is 1. The Morgan fingerprint density at radius 3 is 2.64 bits per heavy atom. The van der Waals surface area contributed by atoms with E-state index in [2.05, 4.69) is 10.5 Å². The van der Waals surface area contributed by atoms with Gasteiger partial charge in [-0.25, -0.2) is 5.43 Å². The van der Waals surface area contributed by atoms with Gasteiger partial charge in [-0.05, 0) is 24.6 Å². The molecule has 1 atom stereocenters. The molecule has 0 saturated carbocycles. The summed E-state index contributed by atoms with van der Waals surface area (Å²) in [5, 5.41) is 13.8. The molecule has 2 aromatic carbocycles. The van der Waals surface area contributed by atoms with E-state index >= 15 is 0 Å². The van der Waals surface area contributed by atoms with Crippen molar-refractivity contribution < 1.29 is 14.6 Å². The highest BCUT2D eigenvalue weighted by molar-refractivity contribution is 5.86. The van der Waals surface area contributed by atoms with Gasteiger partial charge in [0.25, 0.3) is 5.91 Å². The van der Waals surface area contributed by atoms with E-state index in [1.807, 2.05) is 37.3 Å². The lowest BCUT2D eigenvalue weighted by Crippen LogP contribution is -2.25. The number of hydrogen-bond donors (Lipinski definition) is 2. The fourth-order valence-corrected chi connectivity index (χ4v) is 1.89.